The van der Waals surface area contributed by atoms with Crippen molar-refractivity contribution < 1.29 is 14.3 Å². The van der Waals surface area contributed by atoms with Crippen LogP contribution in [0.3, 0.4) is 0 Å². The van der Waals surface area contributed by atoms with Gasteiger partial charge in [-0.15, -0.1) is 0 Å². The number of hydrogen-bond donors (Lipinski definition) is 2. The highest BCUT2D eigenvalue weighted by Gasteiger charge is 2.30. The van der Waals surface area contributed by atoms with Gasteiger partial charge in [-0.1, -0.05) is 18.2 Å². The number of nitrogens with zero attached hydrogens (tertiary/aromatic N) is 1. The molecule has 0 aromatic heterocycles. The van der Waals surface area contributed by atoms with Crippen LogP contribution in [-0.2, 0) is 11.2 Å². The minimum atomic E-state index is -0.336. The fraction of sp³-hybridized carbons (Fsp3) is 0.500. The molecule has 0 bridgehead atoms. The maximum absolute atomic E-state index is 12.2. The van der Waals surface area contributed by atoms with E-state index in [9.17, 15) is 9.59 Å². The summed E-state index contributed by atoms with van der Waals surface area (Å²) in [7, 11) is 1.64. The second-order valence-corrected chi connectivity index (χ2v) is 5.70. The Hall–Kier alpha value is -2.24. The number of ether oxygens (including phenoxy) is 1. The van der Waals surface area contributed by atoms with Crippen molar-refractivity contribution in [2.75, 3.05) is 20.2 Å². The van der Waals surface area contributed by atoms with E-state index in [-0.39, 0.29) is 23.9 Å². The molecule has 2 rings (SSSR count). The van der Waals surface area contributed by atoms with Crippen LogP contribution in [0.5, 0.6) is 5.75 Å². The van der Waals surface area contributed by atoms with Gasteiger partial charge in [-0.3, -0.25) is 4.79 Å². The molecule has 6 heteroatoms. The maximum Gasteiger partial charge on any atom is 0.317 e. The third-order valence-corrected chi connectivity index (χ3v) is 3.97. The number of nitrogens with two attached hydrogens (primary N) is 1. The summed E-state index contributed by atoms with van der Waals surface area (Å²) >= 11 is 0. The van der Waals surface area contributed by atoms with E-state index in [0.29, 0.717) is 25.9 Å². The van der Waals surface area contributed by atoms with Crippen LogP contribution in [0.2, 0.25) is 0 Å². The summed E-state index contributed by atoms with van der Waals surface area (Å²) in [5.74, 6) is 0.256. The Labute approximate surface area is 130 Å². The molecule has 1 aromatic carbocycles. The zero-order chi connectivity index (χ0) is 16.1. The molecule has 1 aliphatic heterocycles. The molecule has 1 heterocycles. The van der Waals surface area contributed by atoms with Crippen LogP contribution in [0.1, 0.15) is 18.9 Å². The Morgan fingerprint density at radius 3 is 2.82 bits per heavy atom. The molecule has 0 saturated carbocycles. The van der Waals surface area contributed by atoms with Crippen molar-refractivity contribution >= 4 is 11.9 Å². The molecule has 6 nitrogen and oxygen atoms in total. The van der Waals surface area contributed by atoms with Gasteiger partial charge in [0, 0.05) is 19.1 Å². The molecule has 0 spiro atoms. The molecular weight excluding hydrogens is 282 g/mol. The molecule has 3 N–H and O–H groups in total. The Morgan fingerprint density at radius 2 is 2.18 bits per heavy atom. The predicted octanol–water partition coefficient (Wildman–Crippen LogP) is 1.14. The first-order valence-corrected chi connectivity index (χ1v) is 7.48. The van der Waals surface area contributed by atoms with Gasteiger partial charge in [-0.25, -0.2) is 4.79 Å². The largest absolute Gasteiger partial charge is 0.496 e. The second-order valence-electron chi connectivity index (χ2n) is 5.70. The molecule has 120 valence electrons. The monoisotopic (exact) mass is 305 g/mol. The first-order chi connectivity index (χ1) is 10.5. The van der Waals surface area contributed by atoms with Crippen molar-refractivity contribution in [2.45, 2.75) is 25.8 Å². The minimum absolute atomic E-state index is 0.0311. The van der Waals surface area contributed by atoms with Crippen molar-refractivity contribution in [2.24, 2.45) is 11.7 Å². The van der Waals surface area contributed by atoms with Crippen LogP contribution in [0, 0.1) is 5.92 Å². The van der Waals surface area contributed by atoms with E-state index >= 15 is 0 Å². The molecule has 1 aliphatic rings. The maximum atomic E-state index is 12.2. The summed E-state index contributed by atoms with van der Waals surface area (Å²) in [4.78, 5) is 25.0. The summed E-state index contributed by atoms with van der Waals surface area (Å²) < 4.78 is 5.32. The summed E-state index contributed by atoms with van der Waals surface area (Å²) in [6.45, 7) is 2.93. The van der Waals surface area contributed by atoms with E-state index in [1.165, 1.54) is 0 Å². The number of primary amides is 1. The van der Waals surface area contributed by atoms with Gasteiger partial charge in [-0.05, 0) is 31.4 Å². The molecule has 0 unspecified atom stereocenters. The van der Waals surface area contributed by atoms with Crippen LogP contribution >= 0.6 is 0 Å². The third-order valence-electron chi connectivity index (χ3n) is 3.97. The standard InChI is InChI=1S/C16H23N3O3/c1-11(9-12-5-3-4-6-14(12)22-2)18-16(21)19-8-7-13(10-19)15(17)20/h3-6,11,13H,7-10H2,1-2H3,(H2,17,20)(H,18,21)/t11-,13+/m1/s1. The topological polar surface area (TPSA) is 84.7 Å². The number of nitrogens with one attached hydrogen (secondary N) is 1. The fourth-order valence-corrected chi connectivity index (χ4v) is 2.73. The van der Waals surface area contributed by atoms with Crippen molar-refractivity contribution in [3.8, 4) is 5.75 Å². The van der Waals surface area contributed by atoms with Crippen LogP contribution in [0.25, 0.3) is 0 Å². The lowest BCUT2D eigenvalue weighted by molar-refractivity contribution is -0.121. The molecule has 3 amide bonds. The quantitative estimate of drug-likeness (QED) is 0.855. The summed E-state index contributed by atoms with van der Waals surface area (Å²) in [6.07, 6.45) is 1.33. The van der Waals surface area contributed by atoms with Crippen LogP contribution in [0.4, 0.5) is 4.79 Å². The Bertz CT molecular complexity index is 547. The Morgan fingerprint density at radius 1 is 1.45 bits per heavy atom. The normalized spacial score (nSPS) is 18.8. The molecule has 0 aliphatic carbocycles. The lowest BCUT2D eigenvalue weighted by Crippen LogP contribution is -2.44. The molecule has 22 heavy (non-hydrogen) atoms. The number of amides is 3. The van der Waals surface area contributed by atoms with Gasteiger partial charge in [-0.2, -0.15) is 0 Å². The van der Waals surface area contributed by atoms with Gasteiger partial charge in [0.25, 0.3) is 0 Å². The molecule has 1 saturated heterocycles. The lowest BCUT2D eigenvalue weighted by Gasteiger charge is -2.21. The molecule has 1 fully saturated rings. The van der Waals surface area contributed by atoms with Crippen molar-refractivity contribution in [3.05, 3.63) is 29.8 Å². The van der Waals surface area contributed by atoms with E-state index < -0.39 is 0 Å². The second kappa shape index (κ2) is 7.15. The van der Waals surface area contributed by atoms with Gasteiger partial charge >= 0.3 is 6.03 Å². The predicted molar refractivity (Wildman–Crippen MR) is 83.6 cm³/mol. The van der Waals surface area contributed by atoms with Gasteiger partial charge in [0.1, 0.15) is 5.75 Å². The van der Waals surface area contributed by atoms with Gasteiger partial charge in [0.15, 0.2) is 0 Å². The Kier molecular flexibility index (Phi) is 5.25. The average Bonchev–Trinajstić information content (AvgIpc) is 2.98. The number of rotatable bonds is 5. The van der Waals surface area contributed by atoms with E-state index in [4.69, 9.17) is 10.5 Å². The number of hydrogen-bond acceptors (Lipinski definition) is 3. The fourth-order valence-electron chi connectivity index (χ4n) is 2.73. The Balaban J connectivity index is 1.88. The van der Waals surface area contributed by atoms with Crippen LogP contribution in [-0.4, -0.2) is 43.1 Å². The smallest absolute Gasteiger partial charge is 0.317 e. The number of urea groups is 1. The first-order valence-electron chi connectivity index (χ1n) is 7.48. The number of likely N-dealkylation sites (tertiary alicyclic amines) is 1. The van der Waals surface area contributed by atoms with Crippen LogP contribution in [0.15, 0.2) is 24.3 Å². The van der Waals surface area contributed by atoms with Crippen molar-refractivity contribution in [1.82, 2.24) is 10.2 Å². The lowest BCUT2D eigenvalue weighted by atomic mass is 10.1. The number of carbonyl (C=O) groups excluding carboxylic acids is 2. The van der Waals surface area contributed by atoms with E-state index in [1.54, 1.807) is 12.0 Å². The number of para-hydroxylation sites is 1. The zero-order valence-corrected chi connectivity index (χ0v) is 13.0. The van der Waals surface area contributed by atoms with E-state index in [0.717, 1.165) is 11.3 Å². The first kappa shape index (κ1) is 16.1. The van der Waals surface area contributed by atoms with Crippen molar-refractivity contribution in [3.63, 3.8) is 0 Å². The average molecular weight is 305 g/mol. The number of carbonyl (C=O) groups is 2. The summed E-state index contributed by atoms with van der Waals surface area (Å²) in [5.41, 5.74) is 6.33. The molecule has 2 atom stereocenters. The third kappa shape index (κ3) is 3.90. The summed E-state index contributed by atoms with van der Waals surface area (Å²) in [5, 5.41) is 2.96. The zero-order valence-electron chi connectivity index (χ0n) is 13.0. The summed E-state index contributed by atoms with van der Waals surface area (Å²) in [6, 6.07) is 7.58. The highest BCUT2D eigenvalue weighted by Crippen LogP contribution is 2.19. The number of benzene rings is 1. The van der Waals surface area contributed by atoms with Gasteiger partial charge in [0.05, 0.1) is 13.0 Å². The van der Waals surface area contributed by atoms with Crippen molar-refractivity contribution in [1.29, 1.82) is 0 Å². The molecular formula is C16H23N3O3. The highest BCUT2D eigenvalue weighted by molar-refractivity contribution is 5.80. The number of methoxy groups -OCH3 is 1. The van der Waals surface area contributed by atoms with Gasteiger partial charge in [0.2, 0.25) is 5.91 Å². The van der Waals surface area contributed by atoms with E-state index in [2.05, 4.69) is 5.32 Å². The molecule has 0 radical (unpaired) electrons. The SMILES string of the molecule is COc1ccccc1C[C@@H](C)NC(=O)N1CC[C@H](C(N)=O)C1. The van der Waals surface area contributed by atoms with Crippen LogP contribution < -0.4 is 15.8 Å². The van der Waals surface area contributed by atoms with Gasteiger partial charge < -0.3 is 20.7 Å². The molecule has 1 aromatic rings. The highest BCUT2D eigenvalue weighted by atomic mass is 16.5. The van der Waals surface area contributed by atoms with E-state index in [1.807, 2.05) is 31.2 Å². The minimum Gasteiger partial charge on any atom is -0.496 e.